The number of hydrogen-bond acceptors (Lipinski definition) is 3. The second kappa shape index (κ2) is 4.77. The van der Waals surface area contributed by atoms with Crippen molar-refractivity contribution in [3.8, 4) is 0 Å². The number of carbonyl (C=O) groups is 1. The lowest BCUT2D eigenvalue weighted by molar-refractivity contribution is -0.120. The van der Waals surface area contributed by atoms with Crippen molar-refractivity contribution in [3.05, 3.63) is 18.2 Å². The van der Waals surface area contributed by atoms with Crippen LogP contribution in [-0.4, -0.2) is 28.8 Å². The average Bonchev–Trinajstić information content (AvgIpc) is 2.65. The zero-order chi connectivity index (χ0) is 9.68. The summed E-state index contributed by atoms with van der Waals surface area (Å²) in [6, 6.07) is -0.115. The first-order valence-electron chi connectivity index (χ1n) is 4.46. The molecule has 4 nitrogen and oxygen atoms in total. The number of aromatic amines is 1. The van der Waals surface area contributed by atoms with E-state index in [0.29, 0.717) is 12.8 Å². The van der Waals surface area contributed by atoms with Crippen LogP contribution < -0.4 is 5.32 Å². The number of rotatable bonds is 5. The summed E-state index contributed by atoms with van der Waals surface area (Å²) in [5, 5.41) is 2.98. The molecule has 13 heavy (non-hydrogen) atoms. The third-order valence-corrected chi connectivity index (χ3v) is 2.04. The van der Waals surface area contributed by atoms with Crippen molar-refractivity contribution in [1.29, 1.82) is 0 Å². The maximum absolute atomic E-state index is 11.4. The first-order valence-corrected chi connectivity index (χ1v) is 4.46. The van der Waals surface area contributed by atoms with Crippen molar-refractivity contribution in [3.63, 3.8) is 0 Å². The van der Waals surface area contributed by atoms with Crippen LogP contribution >= 0.6 is 0 Å². The van der Waals surface area contributed by atoms with Crippen LogP contribution in [0.4, 0.5) is 0 Å². The SMILES string of the molecule is CCC(=O)[C@H](Cc1ncc[nH]1)NC. The Kier molecular flexibility index (Phi) is 3.64. The number of nitrogens with one attached hydrogen (secondary N) is 2. The van der Waals surface area contributed by atoms with Crippen LogP contribution in [0.5, 0.6) is 0 Å². The van der Waals surface area contributed by atoms with E-state index < -0.39 is 0 Å². The van der Waals surface area contributed by atoms with Crippen molar-refractivity contribution in [1.82, 2.24) is 15.3 Å². The smallest absolute Gasteiger partial charge is 0.149 e. The van der Waals surface area contributed by atoms with E-state index >= 15 is 0 Å². The summed E-state index contributed by atoms with van der Waals surface area (Å²) in [5.74, 6) is 1.07. The predicted octanol–water partition coefficient (Wildman–Crippen LogP) is 0.519. The van der Waals surface area contributed by atoms with Gasteiger partial charge in [-0.15, -0.1) is 0 Å². The lowest BCUT2D eigenvalue weighted by atomic mass is 10.1. The van der Waals surface area contributed by atoms with Crippen molar-refractivity contribution >= 4 is 5.78 Å². The number of likely N-dealkylation sites (N-methyl/N-ethyl adjacent to an activating group) is 1. The first kappa shape index (κ1) is 9.92. The van der Waals surface area contributed by atoms with Crippen LogP contribution in [0, 0.1) is 0 Å². The Morgan fingerprint density at radius 2 is 2.54 bits per heavy atom. The Hall–Kier alpha value is -1.16. The highest BCUT2D eigenvalue weighted by atomic mass is 16.1. The zero-order valence-electron chi connectivity index (χ0n) is 8.00. The third-order valence-electron chi connectivity index (χ3n) is 2.04. The highest BCUT2D eigenvalue weighted by Gasteiger charge is 2.15. The van der Waals surface area contributed by atoms with E-state index in [-0.39, 0.29) is 11.8 Å². The zero-order valence-corrected chi connectivity index (χ0v) is 8.00. The van der Waals surface area contributed by atoms with E-state index in [1.165, 1.54) is 0 Å². The number of Topliss-reactive ketones (excluding diaryl/α,β-unsaturated/α-hetero) is 1. The van der Waals surface area contributed by atoms with Gasteiger partial charge in [0.25, 0.3) is 0 Å². The summed E-state index contributed by atoms with van der Waals surface area (Å²) in [6.45, 7) is 1.87. The average molecular weight is 181 g/mol. The number of carbonyl (C=O) groups excluding carboxylic acids is 1. The number of H-pyrrole nitrogens is 1. The number of aromatic nitrogens is 2. The molecule has 72 valence electrons. The molecule has 0 aliphatic rings. The quantitative estimate of drug-likeness (QED) is 0.696. The third kappa shape index (κ3) is 2.66. The summed E-state index contributed by atoms with van der Waals surface area (Å²) >= 11 is 0. The number of hydrogen-bond donors (Lipinski definition) is 2. The molecule has 1 atom stereocenters. The molecule has 4 heteroatoms. The summed E-state index contributed by atoms with van der Waals surface area (Å²) in [7, 11) is 1.79. The minimum Gasteiger partial charge on any atom is -0.349 e. The highest BCUT2D eigenvalue weighted by Crippen LogP contribution is 1.99. The molecular formula is C9H15N3O. The molecule has 0 fully saturated rings. The van der Waals surface area contributed by atoms with Crippen molar-refractivity contribution in [2.24, 2.45) is 0 Å². The molecule has 2 N–H and O–H groups in total. The van der Waals surface area contributed by atoms with Crippen LogP contribution in [0.3, 0.4) is 0 Å². The lowest BCUT2D eigenvalue weighted by Gasteiger charge is -2.11. The standard InChI is InChI=1S/C9H15N3O/c1-3-8(13)7(10-2)6-9-11-4-5-12-9/h4-5,7,10H,3,6H2,1-2H3,(H,11,12)/t7-/m0/s1. The van der Waals surface area contributed by atoms with Gasteiger partial charge in [-0.2, -0.15) is 0 Å². The molecular weight excluding hydrogens is 166 g/mol. The Morgan fingerprint density at radius 1 is 1.77 bits per heavy atom. The minimum atomic E-state index is -0.115. The van der Waals surface area contributed by atoms with Gasteiger partial charge in [-0.3, -0.25) is 4.79 Å². The van der Waals surface area contributed by atoms with Gasteiger partial charge < -0.3 is 10.3 Å². The van der Waals surface area contributed by atoms with E-state index in [1.807, 2.05) is 6.92 Å². The minimum absolute atomic E-state index is 0.115. The molecule has 0 aromatic carbocycles. The predicted molar refractivity (Wildman–Crippen MR) is 50.4 cm³/mol. The Bertz CT molecular complexity index is 256. The molecule has 1 aromatic rings. The van der Waals surface area contributed by atoms with Crippen molar-refractivity contribution in [2.45, 2.75) is 25.8 Å². The van der Waals surface area contributed by atoms with Crippen molar-refractivity contribution < 1.29 is 4.79 Å². The van der Waals surface area contributed by atoms with Gasteiger partial charge in [0.1, 0.15) is 11.6 Å². The molecule has 0 unspecified atom stereocenters. The van der Waals surface area contributed by atoms with Gasteiger partial charge in [0.15, 0.2) is 0 Å². The van der Waals surface area contributed by atoms with E-state index in [0.717, 1.165) is 5.82 Å². The molecule has 0 bridgehead atoms. The molecule has 0 saturated carbocycles. The fourth-order valence-electron chi connectivity index (χ4n) is 1.23. The molecule has 0 spiro atoms. The summed E-state index contributed by atoms with van der Waals surface area (Å²) in [4.78, 5) is 18.4. The maximum Gasteiger partial charge on any atom is 0.149 e. The van der Waals surface area contributed by atoms with Crippen LogP contribution in [0.1, 0.15) is 19.2 Å². The molecule has 1 aromatic heterocycles. The van der Waals surface area contributed by atoms with E-state index in [1.54, 1.807) is 19.4 Å². The normalized spacial score (nSPS) is 12.8. The maximum atomic E-state index is 11.4. The summed E-state index contributed by atoms with van der Waals surface area (Å²) < 4.78 is 0. The number of imidazole rings is 1. The topological polar surface area (TPSA) is 57.8 Å². The van der Waals surface area contributed by atoms with Gasteiger partial charge in [-0.1, -0.05) is 6.92 Å². The molecule has 0 radical (unpaired) electrons. The molecule has 0 aliphatic carbocycles. The van der Waals surface area contributed by atoms with E-state index in [9.17, 15) is 4.79 Å². The molecule has 0 amide bonds. The highest BCUT2D eigenvalue weighted by molar-refractivity contribution is 5.83. The second-order valence-corrected chi connectivity index (χ2v) is 2.90. The fourth-order valence-corrected chi connectivity index (χ4v) is 1.23. The van der Waals surface area contributed by atoms with Gasteiger partial charge in [-0.05, 0) is 7.05 Å². The van der Waals surface area contributed by atoms with Gasteiger partial charge in [0.2, 0.25) is 0 Å². The number of nitrogens with zero attached hydrogens (tertiary/aromatic N) is 1. The Balaban J connectivity index is 2.54. The molecule has 1 rings (SSSR count). The van der Waals surface area contributed by atoms with Crippen LogP contribution in [0.25, 0.3) is 0 Å². The summed E-state index contributed by atoms with van der Waals surface area (Å²) in [6.07, 6.45) is 4.65. The van der Waals surface area contributed by atoms with Gasteiger partial charge in [-0.25, -0.2) is 4.98 Å². The first-order chi connectivity index (χ1) is 6.27. The van der Waals surface area contributed by atoms with Crippen LogP contribution in [-0.2, 0) is 11.2 Å². The molecule has 0 aliphatic heterocycles. The largest absolute Gasteiger partial charge is 0.349 e. The lowest BCUT2D eigenvalue weighted by Crippen LogP contribution is -2.35. The molecule has 1 heterocycles. The second-order valence-electron chi connectivity index (χ2n) is 2.90. The monoisotopic (exact) mass is 181 g/mol. The van der Waals surface area contributed by atoms with E-state index in [2.05, 4.69) is 15.3 Å². The van der Waals surface area contributed by atoms with Gasteiger partial charge >= 0.3 is 0 Å². The van der Waals surface area contributed by atoms with Gasteiger partial charge in [0.05, 0.1) is 6.04 Å². The van der Waals surface area contributed by atoms with Crippen molar-refractivity contribution in [2.75, 3.05) is 7.05 Å². The van der Waals surface area contributed by atoms with E-state index in [4.69, 9.17) is 0 Å². The summed E-state index contributed by atoms with van der Waals surface area (Å²) in [5.41, 5.74) is 0. The fraction of sp³-hybridized carbons (Fsp3) is 0.556. The van der Waals surface area contributed by atoms with Crippen LogP contribution in [0.2, 0.25) is 0 Å². The molecule has 0 saturated heterocycles. The van der Waals surface area contributed by atoms with Crippen LogP contribution in [0.15, 0.2) is 12.4 Å². The van der Waals surface area contributed by atoms with Gasteiger partial charge in [0, 0.05) is 25.2 Å². The Morgan fingerprint density at radius 3 is 3.00 bits per heavy atom. The Labute approximate surface area is 77.8 Å². The number of ketones is 1.